The number of esters is 1. The summed E-state index contributed by atoms with van der Waals surface area (Å²) in [6.45, 7) is 7.46. The summed E-state index contributed by atoms with van der Waals surface area (Å²) in [5, 5.41) is 3.48. The van der Waals surface area contributed by atoms with Crippen molar-refractivity contribution in [2.24, 2.45) is 0 Å². The Morgan fingerprint density at radius 1 is 1.35 bits per heavy atom. The molecule has 0 bridgehead atoms. The number of rotatable bonds is 3. The van der Waals surface area contributed by atoms with E-state index in [9.17, 15) is 4.79 Å². The average Bonchev–Trinajstić information content (AvgIpc) is 2.43. The molecule has 1 heterocycles. The second kappa shape index (κ2) is 7.62. The maximum atomic E-state index is 11.4. The van der Waals surface area contributed by atoms with Crippen LogP contribution in [0.15, 0.2) is 24.3 Å². The van der Waals surface area contributed by atoms with Crippen LogP contribution in [0.2, 0.25) is 0 Å². The molecule has 5 heteroatoms. The number of benzene rings is 1. The summed E-state index contributed by atoms with van der Waals surface area (Å²) in [5.74, 6) is -0.282. The molecule has 1 saturated heterocycles. The molecule has 1 fully saturated rings. The number of carbonyl (C=O) groups excluding carboxylic acids is 1. The number of piperazine rings is 1. The third-order valence-electron chi connectivity index (χ3n) is 3.65. The van der Waals surface area contributed by atoms with Gasteiger partial charge in [-0.2, -0.15) is 0 Å². The van der Waals surface area contributed by atoms with E-state index in [1.54, 1.807) is 0 Å². The van der Waals surface area contributed by atoms with E-state index in [4.69, 9.17) is 4.74 Å². The number of methoxy groups -OCH3 is 1. The minimum atomic E-state index is -0.282. The van der Waals surface area contributed by atoms with Crippen LogP contribution in [0.1, 0.15) is 29.8 Å². The van der Waals surface area contributed by atoms with Gasteiger partial charge in [0.15, 0.2) is 0 Å². The van der Waals surface area contributed by atoms with Gasteiger partial charge in [-0.05, 0) is 31.5 Å². The van der Waals surface area contributed by atoms with Crippen molar-refractivity contribution in [2.45, 2.75) is 32.5 Å². The van der Waals surface area contributed by atoms with Gasteiger partial charge >= 0.3 is 5.97 Å². The first-order valence-corrected chi connectivity index (χ1v) is 6.75. The third kappa shape index (κ3) is 4.20. The first-order valence-electron chi connectivity index (χ1n) is 6.75. The Bertz CT molecular complexity index is 436. The molecule has 0 radical (unpaired) electrons. The van der Waals surface area contributed by atoms with Crippen molar-refractivity contribution in [1.82, 2.24) is 10.2 Å². The van der Waals surface area contributed by atoms with Crippen LogP contribution in [0.5, 0.6) is 0 Å². The maximum Gasteiger partial charge on any atom is 0.337 e. The van der Waals surface area contributed by atoms with Crippen molar-refractivity contribution in [1.29, 1.82) is 0 Å². The Kier molecular flexibility index (Phi) is 6.46. The van der Waals surface area contributed by atoms with Gasteiger partial charge in [0.2, 0.25) is 0 Å². The second-order valence-electron chi connectivity index (χ2n) is 5.28. The van der Waals surface area contributed by atoms with Crippen molar-refractivity contribution < 1.29 is 9.53 Å². The van der Waals surface area contributed by atoms with Crippen LogP contribution in [0.3, 0.4) is 0 Å². The van der Waals surface area contributed by atoms with E-state index in [-0.39, 0.29) is 18.4 Å². The van der Waals surface area contributed by atoms with Gasteiger partial charge in [0.25, 0.3) is 0 Å². The summed E-state index contributed by atoms with van der Waals surface area (Å²) in [4.78, 5) is 13.8. The van der Waals surface area contributed by atoms with Gasteiger partial charge in [0.05, 0.1) is 12.7 Å². The fraction of sp³-hybridized carbons (Fsp3) is 0.533. The van der Waals surface area contributed by atoms with E-state index >= 15 is 0 Å². The van der Waals surface area contributed by atoms with E-state index in [2.05, 4.69) is 24.1 Å². The predicted molar refractivity (Wildman–Crippen MR) is 82.4 cm³/mol. The lowest BCUT2D eigenvalue weighted by Gasteiger charge is -2.37. The molecular formula is C15H23ClN2O2. The smallest absolute Gasteiger partial charge is 0.337 e. The highest BCUT2D eigenvalue weighted by Crippen LogP contribution is 2.13. The van der Waals surface area contributed by atoms with Crippen molar-refractivity contribution in [3.05, 3.63) is 35.4 Å². The molecule has 0 unspecified atom stereocenters. The average molecular weight is 299 g/mol. The number of nitrogens with one attached hydrogen (secondary N) is 1. The number of hydrogen-bond donors (Lipinski definition) is 1. The van der Waals surface area contributed by atoms with Crippen LogP contribution in [0.25, 0.3) is 0 Å². The van der Waals surface area contributed by atoms with Gasteiger partial charge in [-0.3, -0.25) is 4.90 Å². The fourth-order valence-corrected chi connectivity index (χ4v) is 2.42. The van der Waals surface area contributed by atoms with Crippen LogP contribution in [-0.2, 0) is 11.3 Å². The molecule has 0 saturated carbocycles. The standard InChI is InChI=1S/C15H22N2O2.ClH/c1-11-9-17(12(2)8-16-11)10-13-4-6-14(7-5-13)15(18)19-3;/h4-7,11-12,16H,8-10H2,1-3H3;1H/t11-,12+;/m1./s1. The topological polar surface area (TPSA) is 41.6 Å². The molecule has 0 amide bonds. The van der Waals surface area contributed by atoms with E-state index < -0.39 is 0 Å². The highest BCUT2D eigenvalue weighted by Gasteiger charge is 2.22. The zero-order valence-electron chi connectivity index (χ0n) is 12.3. The quantitative estimate of drug-likeness (QED) is 0.868. The lowest BCUT2D eigenvalue weighted by molar-refractivity contribution is 0.0600. The summed E-state index contributed by atoms with van der Waals surface area (Å²) in [7, 11) is 1.40. The molecule has 0 aliphatic carbocycles. The summed E-state index contributed by atoms with van der Waals surface area (Å²) >= 11 is 0. The van der Waals surface area contributed by atoms with E-state index in [0.29, 0.717) is 17.6 Å². The zero-order valence-corrected chi connectivity index (χ0v) is 13.1. The molecule has 2 atom stereocenters. The molecule has 2 rings (SSSR count). The Morgan fingerprint density at radius 2 is 2.00 bits per heavy atom. The minimum Gasteiger partial charge on any atom is -0.465 e. The van der Waals surface area contributed by atoms with Crippen LogP contribution in [-0.4, -0.2) is 43.2 Å². The van der Waals surface area contributed by atoms with Gasteiger partial charge in [-0.25, -0.2) is 4.79 Å². The monoisotopic (exact) mass is 298 g/mol. The van der Waals surface area contributed by atoms with E-state index in [1.807, 2.05) is 24.3 Å². The molecule has 1 aromatic carbocycles. The molecule has 1 aliphatic heterocycles. The van der Waals surface area contributed by atoms with Crippen LogP contribution in [0.4, 0.5) is 0 Å². The SMILES string of the molecule is COC(=O)c1ccc(CN2C[C@@H](C)NC[C@@H]2C)cc1.Cl. The zero-order chi connectivity index (χ0) is 13.8. The Hall–Kier alpha value is -1.10. The molecule has 1 N–H and O–H groups in total. The number of nitrogens with zero attached hydrogens (tertiary/aromatic N) is 1. The van der Waals surface area contributed by atoms with Gasteiger partial charge in [-0.1, -0.05) is 12.1 Å². The van der Waals surface area contributed by atoms with Gasteiger partial charge in [-0.15, -0.1) is 12.4 Å². The molecule has 20 heavy (non-hydrogen) atoms. The van der Waals surface area contributed by atoms with Crippen LogP contribution in [0, 0.1) is 0 Å². The number of ether oxygens (including phenoxy) is 1. The maximum absolute atomic E-state index is 11.4. The number of halogens is 1. The minimum absolute atomic E-state index is 0. The van der Waals surface area contributed by atoms with Crippen molar-refractivity contribution >= 4 is 18.4 Å². The van der Waals surface area contributed by atoms with Crippen LogP contribution < -0.4 is 5.32 Å². The summed E-state index contributed by atoms with van der Waals surface area (Å²) in [6.07, 6.45) is 0. The van der Waals surface area contributed by atoms with Crippen molar-refractivity contribution in [2.75, 3.05) is 20.2 Å². The summed E-state index contributed by atoms with van der Waals surface area (Å²) in [5.41, 5.74) is 1.83. The first kappa shape index (κ1) is 17.0. The van der Waals surface area contributed by atoms with Crippen molar-refractivity contribution in [3.63, 3.8) is 0 Å². The van der Waals surface area contributed by atoms with Crippen LogP contribution >= 0.6 is 12.4 Å². The van der Waals surface area contributed by atoms with Gasteiger partial charge in [0.1, 0.15) is 0 Å². The van der Waals surface area contributed by atoms with Crippen molar-refractivity contribution in [3.8, 4) is 0 Å². The number of carbonyl (C=O) groups is 1. The summed E-state index contributed by atoms with van der Waals surface area (Å²) in [6, 6.07) is 8.74. The Balaban J connectivity index is 0.00000200. The molecule has 0 aromatic heterocycles. The van der Waals surface area contributed by atoms with E-state index in [1.165, 1.54) is 12.7 Å². The predicted octanol–water partition coefficient (Wildman–Crippen LogP) is 2.08. The second-order valence-corrected chi connectivity index (χ2v) is 5.28. The first-order chi connectivity index (χ1) is 9.10. The molecule has 0 spiro atoms. The molecule has 4 nitrogen and oxygen atoms in total. The Morgan fingerprint density at radius 3 is 2.60 bits per heavy atom. The normalized spacial score (nSPS) is 22.9. The Labute approximate surface area is 126 Å². The molecular weight excluding hydrogens is 276 g/mol. The number of hydrogen-bond acceptors (Lipinski definition) is 4. The summed E-state index contributed by atoms with van der Waals surface area (Å²) < 4.78 is 4.70. The van der Waals surface area contributed by atoms with E-state index in [0.717, 1.165) is 19.6 Å². The van der Waals surface area contributed by atoms with Gasteiger partial charge in [0, 0.05) is 31.7 Å². The third-order valence-corrected chi connectivity index (χ3v) is 3.65. The molecule has 1 aromatic rings. The highest BCUT2D eigenvalue weighted by molar-refractivity contribution is 5.89. The highest BCUT2D eigenvalue weighted by atomic mass is 35.5. The molecule has 1 aliphatic rings. The largest absolute Gasteiger partial charge is 0.465 e. The lowest BCUT2D eigenvalue weighted by atomic mass is 10.1. The van der Waals surface area contributed by atoms with Gasteiger partial charge < -0.3 is 10.1 Å². The molecule has 112 valence electrons. The fourth-order valence-electron chi connectivity index (χ4n) is 2.42. The lowest BCUT2D eigenvalue weighted by Crippen LogP contribution is -2.53.